The quantitative estimate of drug-likeness (QED) is 0.633. The second kappa shape index (κ2) is 8.39. The zero-order chi connectivity index (χ0) is 20.4. The third kappa shape index (κ3) is 4.52. The first-order chi connectivity index (χ1) is 14.0. The van der Waals surface area contributed by atoms with E-state index < -0.39 is 0 Å². The lowest BCUT2D eigenvalue weighted by atomic mass is 10.1. The smallest absolute Gasteiger partial charge is 0.253 e. The number of piperazine rings is 1. The normalized spacial score (nSPS) is 14.9. The molecule has 1 amide bonds. The lowest BCUT2D eigenvalue weighted by Crippen LogP contribution is -2.48. The highest BCUT2D eigenvalue weighted by Crippen LogP contribution is 2.25. The number of hydrogen-bond donors (Lipinski definition) is 0. The van der Waals surface area contributed by atoms with E-state index in [1.54, 1.807) is 0 Å². The zero-order valence-electron chi connectivity index (χ0n) is 16.7. The number of rotatable bonds is 4. The summed E-state index contributed by atoms with van der Waals surface area (Å²) in [5, 5.41) is 0.661. The van der Waals surface area contributed by atoms with Crippen molar-refractivity contribution >= 4 is 17.5 Å². The number of amides is 1. The summed E-state index contributed by atoms with van der Waals surface area (Å²) in [4.78, 5) is 21.6. The van der Waals surface area contributed by atoms with E-state index in [2.05, 4.69) is 9.88 Å². The van der Waals surface area contributed by atoms with Gasteiger partial charge in [0.15, 0.2) is 0 Å². The van der Waals surface area contributed by atoms with E-state index >= 15 is 0 Å². The summed E-state index contributed by atoms with van der Waals surface area (Å²) < 4.78 is 5.86. The summed E-state index contributed by atoms with van der Waals surface area (Å²) in [6.45, 7) is 7.71. The largest absolute Gasteiger partial charge is 0.441 e. The number of oxazole rings is 1. The first kappa shape index (κ1) is 19.7. The zero-order valence-corrected chi connectivity index (χ0v) is 17.4. The minimum absolute atomic E-state index is 0.106. The maximum atomic E-state index is 12.7. The molecule has 0 unspecified atom stereocenters. The molecule has 5 nitrogen and oxygen atoms in total. The van der Waals surface area contributed by atoms with Crippen LogP contribution in [-0.2, 0) is 6.54 Å². The molecular weight excluding hydrogens is 386 g/mol. The molecule has 0 atom stereocenters. The lowest BCUT2D eigenvalue weighted by Gasteiger charge is -2.34. The molecule has 150 valence electrons. The van der Waals surface area contributed by atoms with Gasteiger partial charge in [0.25, 0.3) is 5.91 Å². The minimum atomic E-state index is 0.106. The molecule has 4 rings (SSSR count). The molecule has 2 aromatic carbocycles. The summed E-state index contributed by atoms with van der Waals surface area (Å²) >= 11 is 6.08. The molecule has 1 fully saturated rings. The molecule has 29 heavy (non-hydrogen) atoms. The van der Waals surface area contributed by atoms with Crippen molar-refractivity contribution < 1.29 is 9.21 Å². The van der Waals surface area contributed by atoms with Crippen molar-refractivity contribution in [1.29, 1.82) is 0 Å². The number of aromatic nitrogens is 1. The fourth-order valence-corrected chi connectivity index (χ4v) is 3.79. The van der Waals surface area contributed by atoms with Crippen molar-refractivity contribution in [3.8, 4) is 11.5 Å². The average Bonchev–Trinajstić information content (AvgIpc) is 3.08. The molecule has 0 radical (unpaired) electrons. The number of aryl methyl sites for hydroxylation is 2. The fraction of sp³-hybridized carbons (Fsp3) is 0.304. The Bertz CT molecular complexity index is 1020. The molecule has 1 aliphatic heterocycles. The van der Waals surface area contributed by atoms with Crippen LogP contribution in [0.1, 0.15) is 27.4 Å². The van der Waals surface area contributed by atoms with Gasteiger partial charge in [0, 0.05) is 48.9 Å². The van der Waals surface area contributed by atoms with Crippen LogP contribution in [-0.4, -0.2) is 46.9 Å². The van der Waals surface area contributed by atoms with Gasteiger partial charge >= 0.3 is 0 Å². The first-order valence-electron chi connectivity index (χ1n) is 9.80. The first-order valence-corrected chi connectivity index (χ1v) is 10.2. The summed E-state index contributed by atoms with van der Waals surface area (Å²) in [6, 6.07) is 15.3. The molecule has 0 saturated carbocycles. The van der Waals surface area contributed by atoms with E-state index in [-0.39, 0.29) is 5.91 Å². The van der Waals surface area contributed by atoms with E-state index in [1.165, 1.54) is 0 Å². The molecule has 1 aromatic heterocycles. The van der Waals surface area contributed by atoms with Crippen LogP contribution >= 0.6 is 11.6 Å². The molecular formula is C23H24ClN3O2. The van der Waals surface area contributed by atoms with Gasteiger partial charge in [0.1, 0.15) is 5.76 Å². The highest BCUT2D eigenvalue weighted by molar-refractivity contribution is 6.30. The molecule has 0 spiro atoms. The monoisotopic (exact) mass is 409 g/mol. The van der Waals surface area contributed by atoms with Gasteiger partial charge in [-0.05, 0) is 44.2 Å². The topological polar surface area (TPSA) is 49.6 Å². The highest BCUT2D eigenvalue weighted by atomic mass is 35.5. The van der Waals surface area contributed by atoms with Crippen LogP contribution < -0.4 is 0 Å². The number of benzene rings is 2. The van der Waals surface area contributed by atoms with Crippen LogP contribution in [0.2, 0.25) is 5.02 Å². The van der Waals surface area contributed by atoms with Crippen LogP contribution in [0.4, 0.5) is 0 Å². The predicted octanol–water partition coefficient (Wildman–Crippen LogP) is 4.57. The van der Waals surface area contributed by atoms with E-state index in [0.717, 1.165) is 41.2 Å². The number of hydrogen-bond acceptors (Lipinski definition) is 4. The summed E-state index contributed by atoms with van der Waals surface area (Å²) in [5.74, 6) is 1.51. The number of nitrogens with zero attached hydrogens (tertiary/aromatic N) is 3. The molecule has 2 heterocycles. The SMILES string of the molecule is Cc1cccc(C(=O)N2CCN(Cc3nc(-c4cccc(Cl)c4)oc3C)CC2)c1. The Morgan fingerprint density at radius 2 is 1.83 bits per heavy atom. The van der Waals surface area contributed by atoms with Crippen molar-refractivity contribution in [2.24, 2.45) is 0 Å². The van der Waals surface area contributed by atoms with Crippen LogP contribution in [0.3, 0.4) is 0 Å². The third-order valence-corrected chi connectivity index (χ3v) is 5.50. The third-order valence-electron chi connectivity index (χ3n) is 5.26. The number of carbonyl (C=O) groups is 1. The molecule has 0 aliphatic carbocycles. The van der Waals surface area contributed by atoms with E-state index in [1.807, 2.05) is 67.3 Å². The Kier molecular flexibility index (Phi) is 5.69. The van der Waals surface area contributed by atoms with Crippen molar-refractivity contribution in [2.45, 2.75) is 20.4 Å². The second-order valence-electron chi connectivity index (χ2n) is 7.47. The predicted molar refractivity (Wildman–Crippen MR) is 114 cm³/mol. The average molecular weight is 410 g/mol. The molecule has 0 bridgehead atoms. The van der Waals surface area contributed by atoms with Crippen LogP contribution in [0.25, 0.3) is 11.5 Å². The highest BCUT2D eigenvalue weighted by Gasteiger charge is 2.23. The summed E-state index contributed by atoms with van der Waals surface area (Å²) in [7, 11) is 0. The summed E-state index contributed by atoms with van der Waals surface area (Å²) in [6.07, 6.45) is 0. The van der Waals surface area contributed by atoms with Crippen LogP contribution in [0.5, 0.6) is 0 Å². The standard InChI is InChI=1S/C23H24ClN3O2/c1-16-5-3-7-19(13-16)23(28)27-11-9-26(10-12-27)15-21-17(2)29-22(25-21)18-6-4-8-20(24)14-18/h3-8,13-14H,9-12,15H2,1-2H3. The lowest BCUT2D eigenvalue weighted by molar-refractivity contribution is 0.0626. The van der Waals surface area contributed by atoms with Gasteiger partial charge in [-0.2, -0.15) is 0 Å². The minimum Gasteiger partial charge on any atom is -0.441 e. The molecule has 1 aliphatic rings. The molecule has 1 saturated heterocycles. The summed E-state index contributed by atoms with van der Waals surface area (Å²) in [5.41, 5.74) is 3.67. The van der Waals surface area contributed by atoms with Crippen molar-refractivity contribution in [3.63, 3.8) is 0 Å². The van der Waals surface area contributed by atoms with E-state index in [9.17, 15) is 4.79 Å². The van der Waals surface area contributed by atoms with Crippen LogP contribution in [0.15, 0.2) is 52.9 Å². The maximum Gasteiger partial charge on any atom is 0.253 e. The van der Waals surface area contributed by atoms with E-state index in [0.29, 0.717) is 30.5 Å². The molecule has 0 N–H and O–H groups in total. The number of halogens is 1. The Morgan fingerprint density at radius 3 is 2.55 bits per heavy atom. The molecule has 3 aromatic rings. The second-order valence-corrected chi connectivity index (χ2v) is 7.91. The molecule has 6 heteroatoms. The van der Waals surface area contributed by atoms with Gasteiger partial charge in [0.05, 0.1) is 5.69 Å². The Morgan fingerprint density at radius 1 is 1.07 bits per heavy atom. The van der Waals surface area contributed by atoms with Gasteiger partial charge in [-0.15, -0.1) is 0 Å². The Labute approximate surface area is 175 Å². The van der Waals surface area contributed by atoms with Crippen LogP contribution in [0, 0.1) is 13.8 Å². The fourth-order valence-electron chi connectivity index (χ4n) is 3.60. The Hall–Kier alpha value is -2.63. The van der Waals surface area contributed by atoms with Gasteiger partial charge < -0.3 is 9.32 Å². The van der Waals surface area contributed by atoms with Gasteiger partial charge in [-0.3, -0.25) is 9.69 Å². The Balaban J connectivity index is 1.38. The van der Waals surface area contributed by atoms with Crippen molar-refractivity contribution in [1.82, 2.24) is 14.8 Å². The van der Waals surface area contributed by atoms with Gasteiger partial charge in [-0.1, -0.05) is 35.4 Å². The number of carbonyl (C=O) groups excluding carboxylic acids is 1. The van der Waals surface area contributed by atoms with Crippen molar-refractivity contribution in [3.05, 3.63) is 76.1 Å². The van der Waals surface area contributed by atoms with Gasteiger partial charge in [-0.25, -0.2) is 4.98 Å². The van der Waals surface area contributed by atoms with Gasteiger partial charge in [0.2, 0.25) is 5.89 Å². The van der Waals surface area contributed by atoms with Crippen molar-refractivity contribution in [2.75, 3.05) is 26.2 Å². The maximum absolute atomic E-state index is 12.7. The van der Waals surface area contributed by atoms with E-state index in [4.69, 9.17) is 16.0 Å².